The minimum Gasteiger partial charge on any atom is -0.355 e. The predicted octanol–water partition coefficient (Wildman–Crippen LogP) is 5.68. The van der Waals surface area contributed by atoms with Crippen LogP contribution in [0.3, 0.4) is 0 Å². The Hall–Kier alpha value is -3.79. The fraction of sp³-hybridized carbons (Fsp3) is 0.308. The van der Waals surface area contributed by atoms with Crippen molar-refractivity contribution in [1.29, 1.82) is 0 Å². The maximum absolute atomic E-state index is 14.6. The van der Waals surface area contributed by atoms with Gasteiger partial charge in [-0.3, -0.25) is 9.59 Å². The number of rotatable bonds is 5. The lowest BCUT2D eigenvalue weighted by molar-refractivity contribution is -0.116. The maximum Gasteiger partial charge on any atom is 0.253 e. The second kappa shape index (κ2) is 10.3. The van der Waals surface area contributed by atoms with E-state index in [4.69, 9.17) is 11.6 Å². The number of benzene rings is 2. The molecular formula is C26H27ClF2N6O2. The van der Waals surface area contributed by atoms with Gasteiger partial charge in [-0.15, -0.1) is 0 Å². The second-order valence-electron chi connectivity index (χ2n) is 9.42. The van der Waals surface area contributed by atoms with Crippen molar-refractivity contribution in [3.63, 3.8) is 0 Å². The van der Waals surface area contributed by atoms with Crippen LogP contribution in [0.5, 0.6) is 0 Å². The number of nitrogens with one attached hydrogen (secondary N) is 3. The number of hydrogen-bond acceptors (Lipinski definition) is 6. The zero-order chi connectivity index (χ0) is 26.9. The highest BCUT2D eigenvalue weighted by Gasteiger charge is 2.30. The van der Waals surface area contributed by atoms with E-state index in [1.54, 1.807) is 11.8 Å². The lowest BCUT2D eigenvalue weighted by Crippen LogP contribution is -2.29. The summed E-state index contributed by atoms with van der Waals surface area (Å²) in [5.74, 6) is -2.47. The summed E-state index contributed by atoms with van der Waals surface area (Å²) in [5.41, 5.74) is 1.89. The molecule has 0 saturated carbocycles. The SMILES string of the molecule is CNC(=O)c1cc(F)cc(F)c1Nc1nc(Nc2ccc3c(c2)N(C(C)=O)CCCC3(C)C)ncc1Cl. The molecule has 11 heteroatoms. The third-order valence-corrected chi connectivity index (χ3v) is 6.63. The van der Waals surface area contributed by atoms with Gasteiger partial charge in [0.25, 0.3) is 5.91 Å². The molecule has 0 aliphatic carbocycles. The molecule has 0 bridgehead atoms. The maximum atomic E-state index is 14.6. The number of carbonyl (C=O) groups is 2. The van der Waals surface area contributed by atoms with Crippen molar-refractivity contribution in [3.8, 4) is 0 Å². The summed E-state index contributed by atoms with van der Waals surface area (Å²) >= 11 is 6.24. The normalized spacial score (nSPS) is 14.4. The molecule has 3 N–H and O–H groups in total. The number of halogens is 3. The summed E-state index contributed by atoms with van der Waals surface area (Å²) in [4.78, 5) is 34.9. The fourth-order valence-electron chi connectivity index (χ4n) is 4.44. The van der Waals surface area contributed by atoms with Gasteiger partial charge in [-0.2, -0.15) is 4.98 Å². The number of hydrogen-bond donors (Lipinski definition) is 3. The average Bonchev–Trinajstić information content (AvgIpc) is 2.97. The Bertz CT molecular complexity index is 1380. The van der Waals surface area contributed by atoms with Crippen molar-refractivity contribution in [2.75, 3.05) is 29.1 Å². The topological polar surface area (TPSA) is 99.2 Å². The van der Waals surface area contributed by atoms with Gasteiger partial charge in [0.2, 0.25) is 11.9 Å². The van der Waals surface area contributed by atoms with Gasteiger partial charge in [-0.1, -0.05) is 31.5 Å². The molecule has 3 aromatic rings. The molecular weight excluding hydrogens is 502 g/mol. The number of aromatic nitrogens is 2. The quantitative estimate of drug-likeness (QED) is 0.394. The Balaban J connectivity index is 1.68. The Kier molecular flexibility index (Phi) is 7.31. The fourth-order valence-corrected chi connectivity index (χ4v) is 4.58. The van der Waals surface area contributed by atoms with Crippen LogP contribution in [0.25, 0.3) is 0 Å². The first kappa shape index (κ1) is 26.3. The molecule has 1 aliphatic rings. The van der Waals surface area contributed by atoms with Crippen LogP contribution in [0, 0.1) is 11.6 Å². The van der Waals surface area contributed by atoms with Crippen LogP contribution in [0.15, 0.2) is 36.5 Å². The van der Waals surface area contributed by atoms with Crippen LogP contribution < -0.4 is 20.9 Å². The van der Waals surface area contributed by atoms with Crippen molar-refractivity contribution in [3.05, 3.63) is 64.3 Å². The molecule has 0 spiro atoms. The molecule has 194 valence electrons. The van der Waals surface area contributed by atoms with Crippen LogP contribution in [0.4, 0.5) is 37.6 Å². The molecule has 2 amide bonds. The highest BCUT2D eigenvalue weighted by molar-refractivity contribution is 6.33. The monoisotopic (exact) mass is 528 g/mol. The Morgan fingerprint density at radius 3 is 2.59 bits per heavy atom. The van der Waals surface area contributed by atoms with Gasteiger partial charge in [-0.25, -0.2) is 13.8 Å². The number of carbonyl (C=O) groups excluding carboxylic acids is 2. The zero-order valence-electron chi connectivity index (χ0n) is 20.9. The van der Waals surface area contributed by atoms with Crippen molar-refractivity contribution in [2.45, 2.75) is 39.0 Å². The van der Waals surface area contributed by atoms with Gasteiger partial charge >= 0.3 is 0 Å². The van der Waals surface area contributed by atoms with E-state index in [0.29, 0.717) is 18.3 Å². The molecule has 0 fully saturated rings. The average molecular weight is 529 g/mol. The van der Waals surface area contributed by atoms with Crippen molar-refractivity contribution >= 4 is 52.2 Å². The first-order valence-corrected chi connectivity index (χ1v) is 12.1. The van der Waals surface area contributed by atoms with E-state index in [2.05, 4.69) is 39.8 Å². The molecule has 0 atom stereocenters. The highest BCUT2D eigenvalue weighted by Crippen LogP contribution is 2.40. The van der Waals surface area contributed by atoms with E-state index in [0.717, 1.165) is 30.2 Å². The first-order chi connectivity index (χ1) is 17.5. The molecule has 8 nitrogen and oxygen atoms in total. The molecule has 0 saturated heterocycles. The van der Waals surface area contributed by atoms with E-state index >= 15 is 0 Å². The molecule has 1 aromatic heterocycles. The van der Waals surface area contributed by atoms with E-state index in [1.165, 1.54) is 13.2 Å². The molecule has 0 unspecified atom stereocenters. The van der Waals surface area contributed by atoms with E-state index in [1.807, 2.05) is 18.2 Å². The van der Waals surface area contributed by atoms with Crippen LogP contribution >= 0.6 is 11.6 Å². The molecule has 1 aliphatic heterocycles. The largest absolute Gasteiger partial charge is 0.355 e. The molecule has 0 radical (unpaired) electrons. The lowest BCUT2D eigenvalue weighted by atomic mass is 9.80. The molecule has 37 heavy (non-hydrogen) atoms. The minimum atomic E-state index is -0.986. The summed E-state index contributed by atoms with van der Waals surface area (Å²) in [6, 6.07) is 7.30. The third-order valence-electron chi connectivity index (χ3n) is 6.35. The first-order valence-electron chi connectivity index (χ1n) is 11.7. The summed E-state index contributed by atoms with van der Waals surface area (Å²) in [6.07, 6.45) is 3.15. The smallest absolute Gasteiger partial charge is 0.253 e. The van der Waals surface area contributed by atoms with E-state index in [-0.39, 0.29) is 39.4 Å². The van der Waals surface area contributed by atoms with Gasteiger partial charge in [-0.05, 0) is 42.0 Å². The van der Waals surface area contributed by atoms with Crippen LogP contribution in [0.1, 0.15) is 49.5 Å². The summed E-state index contributed by atoms with van der Waals surface area (Å²) in [7, 11) is 1.35. The van der Waals surface area contributed by atoms with Crippen LogP contribution in [0.2, 0.25) is 5.02 Å². The van der Waals surface area contributed by atoms with Crippen molar-refractivity contribution in [1.82, 2.24) is 15.3 Å². The summed E-state index contributed by atoms with van der Waals surface area (Å²) in [5, 5.41) is 8.19. The number of fused-ring (bicyclic) bond motifs is 1. The van der Waals surface area contributed by atoms with Crippen molar-refractivity contribution < 1.29 is 18.4 Å². The Morgan fingerprint density at radius 2 is 1.89 bits per heavy atom. The zero-order valence-corrected chi connectivity index (χ0v) is 21.6. The van der Waals surface area contributed by atoms with Crippen LogP contribution in [-0.2, 0) is 10.2 Å². The lowest BCUT2D eigenvalue weighted by Gasteiger charge is -2.27. The summed E-state index contributed by atoms with van der Waals surface area (Å²) < 4.78 is 28.4. The van der Waals surface area contributed by atoms with Gasteiger partial charge in [0.15, 0.2) is 5.82 Å². The van der Waals surface area contributed by atoms with Gasteiger partial charge in [0, 0.05) is 38.0 Å². The van der Waals surface area contributed by atoms with Gasteiger partial charge in [0.05, 0.1) is 17.4 Å². The number of anilines is 5. The predicted molar refractivity (Wildman–Crippen MR) is 140 cm³/mol. The summed E-state index contributed by atoms with van der Waals surface area (Å²) in [6.45, 7) is 6.48. The van der Waals surface area contributed by atoms with Gasteiger partial charge < -0.3 is 20.9 Å². The number of amides is 2. The standard InChI is InChI=1S/C26H27ClF2N6O2/c1-14(36)35-9-5-8-26(2,3)18-7-6-16(12-21(18)35)32-25-31-13-19(27)23(34-25)33-22-17(24(37)30-4)10-15(28)11-20(22)29/h6-7,10-13H,5,8-9H2,1-4H3,(H,30,37)(H2,31,32,33,34). The minimum absolute atomic E-state index is 0.0103. The Labute approximate surface area is 218 Å². The third kappa shape index (κ3) is 5.48. The Morgan fingerprint density at radius 1 is 1.14 bits per heavy atom. The second-order valence-corrected chi connectivity index (χ2v) is 9.83. The van der Waals surface area contributed by atoms with Crippen LogP contribution in [-0.4, -0.2) is 35.4 Å². The molecule has 4 rings (SSSR count). The van der Waals surface area contributed by atoms with Gasteiger partial charge in [0.1, 0.15) is 16.7 Å². The van der Waals surface area contributed by atoms with E-state index < -0.39 is 17.5 Å². The van der Waals surface area contributed by atoms with E-state index in [9.17, 15) is 18.4 Å². The molecule has 2 heterocycles. The molecule has 2 aromatic carbocycles. The van der Waals surface area contributed by atoms with Crippen molar-refractivity contribution in [2.24, 2.45) is 0 Å². The number of nitrogens with zero attached hydrogens (tertiary/aromatic N) is 3. The highest BCUT2D eigenvalue weighted by atomic mass is 35.5.